The molecule has 116 valence electrons. The Labute approximate surface area is 126 Å². The van der Waals surface area contributed by atoms with Gasteiger partial charge in [-0.05, 0) is 25.0 Å². The maximum absolute atomic E-state index is 14.1. The van der Waals surface area contributed by atoms with E-state index in [2.05, 4.69) is 0 Å². The molecule has 4 nitrogen and oxygen atoms in total. The summed E-state index contributed by atoms with van der Waals surface area (Å²) in [6.45, 7) is 3.44. The van der Waals surface area contributed by atoms with Gasteiger partial charge in [0.05, 0.1) is 17.9 Å². The van der Waals surface area contributed by atoms with Crippen LogP contribution in [0.25, 0.3) is 0 Å². The predicted octanol–water partition coefficient (Wildman–Crippen LogP) is 2.59. The fourth-order valence-corrected chi connectivity index (χ4v) is 3.72. The Morgan fingerprint density at radius 1 is 1.27 bits per heavy atom. The average Bonchev–Trinajstić information content (AvgIpc) is 2.68. The van der Waals surface area contributed by atoms with E-state index in [4.69, 9.17) is 0 Å². The van der Waals surface area contributed by atoms with Crippen molar-refractivity contribution in [3.63, 3.8) is 0 Å². The third-order valence-corrected chi connectivity index (χ3v) is 4.55. The van der Waals surface area contributed by atoms with Crippen molar-refractivity contribution in [1.82, 2.24) is 0 Å². The number of hydrogen-bond acceptors (Lipinski definition) is 2. The van der Waals surface area contributed by atoms with E-state index in [0.717, 1.165) is 17.0 Å². The summed E-state index contributed by atoms with van der Waals surface area (Å²) in [5.74, 6) is -5.48. The fourth-order valence-electron chi connectivity index (χ4n) is 3.72. The molecule has 1 fully saturated rings. The number of aliphatic carboxylic acids is 1. The van der Waals surface area contributed by atoms with Crippen LogP contribution in [-0.4, -0.2) is 23.0 Å². The molecule has 1 saturated heterocycles. The molecular weight excluding hydrogens is 292 g/mol. The zero-order valence-electron chi connectivity index (χ0n) is 12.1. The first-order valence-electron chi connectivity index (χ1n) is 7.02. The summed E-state index contributed by atoms with van der Waals surface area (Å²) in [6.07, 6.45) is 1.81. The van der Waals surface area contributed by atoms with Crippen molar-refractivity contribution in [3.8, 4) is 0 Å². The van der Waals surface area contributed by atoms with E-state index in [1.165, 1.54) is 6.07 Å². The first-order chi connectivity index (χ1) is 10.3. The highest BCUT2D eigenvalue weighted by Gasteiger charge is 2.57. The van der Waals surface area contributed by atoms with Crippen molar-refractivity contribution in [2.24, 2.45) is 17.8 Å². The number of anilines is 1. The number of benzene rings is 1. The summed E-state index contributed by atoms with van der Waals surface area (Å²) in [7, 11) is 0. The highest BCUT2D eigenvalue weighted by molar-refractivity contribution is 6.04. The van der Waals surface area contributed by atoms with Gasteiger partial charge in [0.25, 0.3) is 0 Å². The van der Waals surface area contributed by atoms with E-state index in [1.54, 1.807) is 13.8 Å². The third-order valence-electron chi connectivity index (χ3n) is 4.55. The normalized spacial score (nSPS) is 30.5. The smallest absolute Gasteiger partial charge is 0.309 e. The van der Waals surface area contributed by atoms with Crippen LogP contribution in [-0.2, 0) is 9.59 Å². The summed E-state index contributed by atoms with van der Waals surface area (Å²) in [4.78, 5) is 25.3. The molecule has 1 aromatic carbocycles. The van der Waals surface area contributed by atoms with Crippen molar-refractivity contribution >= 4 is 17.6 Å². The Balaban J connectivity index is 2.20. The van der Waals surface area contributed by atoms with Crippen molar-refractivity contribution in [1.29, 1.82) is 0 Å². The number of halogens is 2. The van der Waals surface area contributed by atoms with Crippen LogP contribution in [0.3, 0.4) is 0 Å². The second kappa shape index (κ2) is 4.90. The van der Waals surface area contributed by atoms with Gasteiger partial charge in [0.2, 0.25) is 5.91 Å². The number of amides is 1. The van der Waals surface area contributed by atoms with Gasteiger partial charge in [0.1, 0.15) is 17.3 Å². The van der Waals surface area contributed by atoms with Crippen LogP contribution in [0.1, 0.15) is 13.8 Å². The molecule has 1 aromatic rings. The molecule has 4 atom stereocenters. The molecule has 4 unspecified atom stereocenters. The Bertz CT molecular complexity index is 680. The number of carbonyl (C=O) groups excluding carboxylic acids is 1. The Morgan fingerprint density at radius 2 is 1.86 bits per heavy atom. The lowest BCUT2D eigenvalue weighted by atomic mass is 9.74. The summed E-state index contributed by atoms with van der Waals surface area (Å²) < 4.78 is 28.2. The van der Waals surface area contributed by atoms with Crippen LogP contribution in [0.2, 0.25) is 0 Å². The third kappa shape index (κ3) is 1.86. The van der Waals surface area contributed by atoms with Crippen molar-refractivity contribution < 1.29 is 23.5 Å². The molecular formula is C16H15F2NO3. The standard InChI is InChI=1S/C16H15F2NO3/c1-7-6-8(2)13-12(16(21)22)11(7)15(20)19(13)14-9(17)4-3-5-10(14)18/h3-7,11-13H,1-2H3,(H,21,22). The number of nitrogens with zero attached hydrogens (tertiary/aromatic N) is 1. The largest absolute Gasteiger partial charge is 0.481 e. The maximum Gasteiger partial charge on any atom is 0.309 e. The van der Waals surface area contributed by atoms with Crippen LogP contribution in [0.4, 0.5) is 14.5 Å². The number of rotatable bonds is 2. The molecule has 6 heteroatoms. The van der Waals surface area contributed by atoms with E-state index in [9.17, 15) is 23.5 Å². The number of carbonyl (C=O) groups is 2. The molecule has 2 bridgehead atoms. The molecule has 1 heterocycles. The Morgan fingerprint density at radius 3 is 2.41 bits per heavy atom. The quantitative estimate of drug-likeness (QED) is 0.854. The minimum absolute atomic E-state index is 0.287. The zero-order valence-corrected chi connectivity index (χ0v) is 12.1. The summed E-state index contributed by atoms with van der Waals surface area (Å²) in [5, 5.41) is 9.48. The topological polar surface area (TPSA) is 57.6 Å². The second-order valence-corrected chi connectivity index (χ2v) is 5.88. The van der Waals surface area contributed by atoms with Gasteiger partial charge in [-0.3, -0.25) is 14.5 Å². The molecule has 3 rings (SSSR count). The lowest BCUT2D eigenvalue weighted by Crippen LogP contribution is -2.40. The highest BCUT2D eigenvalue weighted by Crippen LogP contribution is 2.47. The first-order valence-corrected chi connectivity index (χ1v) is 7.02. The lowest BCUT2D eigenvalue weighted by molar-refractivity contribution is -0.145. The van der Waals surface area contributed by atoms with Gasteiger partial charge in [-0.1, -0.05) is 24.6 Å². The minimum Gasteiger partial charge on any atom is -0.481 e. The van der Waals surface area contributed by atoms with Gasteiger partial charge in [-0.2, -0.15) is 0 Å². The van der Waals surface area contributed by atoms with Crippen LogP contribution >= 0.6 is 0 Å². The predicted molar refractivity (Wildman–Crippen MR) is 75.2 cm³/mol. The summed E-state index contributed by atoms with van der Waals surface area (Å²) in [6, 6.07) is 2.48. The number of carboxylic acid groups (broad SMARTS) is 1. The minimum atomic E-state index is -1.12. The monoisotopic (exact) mass is 307 g/mol. The Hall–Kier alpha value is -2.24. The SMILES string of the molecule is CC1=CC(C)C2C(=O)N(c3c(F)cccc3F)C1C2C(=O)O. The molecule has 1 aliphatic carbocycles. The van der Waals surface area contributed by atoms with Crippen LogP contribution in [0.15, 0.2) is 29.8 Å². The maximum atomic E-state index is 14.1. The molecule has 0 spiro atoms. The summed E-state index contributed by atoms with van der Waals surface area (Å²) >= 11 is 0. The molecule has 1 aliphatic heterocycles. The first kappa shape index (κ1) is 14.7. The van der Waals surface area contributed by atoms with E-state index >= 15 is 0 Å². The lowest BCUT2D eigenvalue weighted by Gasteiger charge is -2.31. The van der Waals surface area contributed by atoms with Gasteiger partial charge in [-0.15, -0.1) is 0 Å². The van der Waals surface area contributed by atoms with Crippen LogP contribution in [0, 0.1) is 29.4 Å². The van der Waals surface area contributed by atoms with Gasteiger partial charge in [0, 0.05) is 0 Å². The fraction of sp³-hybridized carbons (Fsp3) is 0.375. The van der Waals surface area contributed by atoms with Gasteiger partial charge in [0.15, 0.2) is 0 Å². The number of allylic oxidation sites excluding steroid dienone is 1. The number of para-hydroxylation sites is 1. The van der Waals surface area contributed by atoms with Gasteiger partial charge < -0.3 is 5.11 Å². The molecule has 0 aromatic heterocycles. The Kier molecular flexibility index (Phi) is 3.27. The van der Waals surface area contributed by atoms with E-state index in [-0.39, 0.29) is 5.92 Å². The number of carboxylic acids is 1. The zero-order chi connectivity index (χ0) is 16.2. The molecule has 22 heavy (non-hydrogen) atoms. The molecule has 2 aliphatic rings. The van der Waals surface area contributed by atoms with Gasteiger partial charge >= 0.3 is 5.97 Å². The number of fused-ring (bicyclic) bond motifs is 2. The van der Waals surface area contributed by atoms with Crippen LogP contribution < -0.4 is 4.90 Å². The van der Waals surface area contributed by atoms with E-state index in [1.807, 2.05) is 6.08 Å². The molecule has 0 radical (unpaired) electrons. The van der Waals surface area contributed by atoms with Crippen molar-refractivity contribution in [2.75, 3.05) is 4.90 Å². The summed E-state index contributed by atoms with van der Waals surface area (Å²) in [5.41, 5.74) is 0.178. The number of hydrogen-bond donors (Lipinski definition) is 1. The molecule has 0 saturated carbocycles. The van der Waals surface area contributed by atoms with Crippen molar-refractivity contribution in [3.05, 3.63) is 41.5 Å². The van der Waals surface area contributed by atoms with E-state index < -0.39 is 47.1 Å². The second-order valence-electron chi connectivity index (χ2n) is 5.88. The van der Waals surface area contributed by atoms with Gasteiger partial charge in [-0.25, -0.2) is 8.78 Å². The molecule has 1 N–H and O–H groups in total. The average molecular weight is 307 g/mol. The van der Waals surface area contributed by atoms with Crippen molar-refractivity contribution in [2.45, 2.75) is 19.9 Å². The molecule has 1 amide bonds. The van der Waals surface area contributed by atoms with Crippen LogP contribution in [0.5, 0.6) is 0 Å². The van der Waals surface area contributed by atoms with E-state index in [0.29, 0.717) is 5.57 Å². The highest BCUT2D eigenvalue weighted by atomic mass is 19.1.